The van der Waals surface area contributed by atoms with E-state index >= 15 is 0 Å². The molecule has 0 rings (SSSR count). The van der Waals surface area contributed by atoms with Crippen LogP contribution in [0, 0.1) is 0 Å². The normalized spacial score (nSPS) is 12.4. The molecule has 15 heavy (non-hydrogen) atoms. The second-order valence-electron chi connectivity index (χ2n) is 3.64. The summed E-state index contributed by atoms with van der Waals surface area (Å²) in [5, 5.41) is 0.931. The monoisotopic (exact) mass is 289 g/mol. The average Bonchev–Trinajstić information content (AvgIpc) is 2.10. The molecule has 0 spiro atoms. The van der Waals surface area contributed by atoms with Gasteiger partial charge in [-0.3, -0.25) is 4.90 Å². The largest absolute Gasteiger partial charge is 0.401 e. The highest BCUT2D eigenvalue weighted by molar-refractivity contribution is 9.09. The molecule has 0 bridgehead atoms. The zero-order valence-corrected chi connectivity index (χ0v) is 10.7. The number of alkyl halides is 4. The van der Waals surface area contributed by atoms with E-state index < -0.39 is 12.7 Å². The summed E-state index contributed by atoms with van der Waals surface area (Å²) in [5.41, 5.74) is 0. The summed E-state index contributed by atoms with van der Waals surface area (Å²) in [6.07, 6.45) is -0.421. The van der Waals surface area contributed by atoms with Gasteiger partial charge >= 0.3 is 6.18 Å². The molecule has 0 aliphatic carbocycles. The van der Waals surface area contributed by atoms with Gasteiger partial charge in [-0.05, 0) is 32.4 Å². The van der Waals surface area contributed by atoms with E-state index in [9.17, 15) is 13.2 Å². The van der Waals surface area contributed by atoms with Crippen LogP contribution in [-0.4, -0.2) is 36.0 Å². The first-order chi connectivity index (χ1) is 6.99. The number of hydrogen-bond donors (Lipinski definition) is 0. The fourth-order valence-corrected chi connectivity index (χ4v) is 1.84. The van der Waals surface area contributed by atoms with Crippen LogP contribution in [0.25, 0.3) is 0 Å². The summed E-state index contributed by atoms with van der Waals surface area (Å²) >= 11 is 3.30. The van der Waals surface area contributed by atoms with E-state index in [0.29, 0.717) is 13.1 Å². The Kier molecular flexibility index (Phi) is 8.52. The predicted molar refractivity (Wildman–Crippen MR) is 60.4 cm³/mol. The van der Waals surface area contributed by atoms with Gasteiger partial charge in [0.1, 0.15) is 0 Å². The highest BCUT2D eigenvalue weighted by atomic mass is 79.9. The maximum absolute atomic E-state index is 12.2. The van der Waals surface area contributed by atoms with Gasteiger partial charge in [-0.1, -0.05) is 29.3 Å². The van der Waals surface area contributed by atoms with Crippen molar-refractivity contribution < 1.29 is 13.2 Å². The van der Waals surface area contributed by atoms with E-state index in [0.717, 1.165) is 31.0 Å². The number of unbranched alkanes of at least 4 members (excludes halogenated alkanes) is 2. The summed E-state index contributed by atoms with van der Waals surface area (Å²) in [7, 11) is 0. The van der Waals surface area contributed by atoms with E-state index in [1.807, 2.05) is 6.92 Å². The maximum Gasteiger partial charge on any atom is 0.401 e. The molecule has 0 aromatic rings. The van der Waals surface area contributed by atoms with Gasteiger partial charge < -0.3 is 0 Å². The quantitative estimate of drug-likeness (QED) is 0.485. The molecule has 0 fully saturated rings. The molecule has 92 valence electrons. The van der Waals surface area contributed by atoms with Crippen molar-refractivity contribution in [2.75, 3.05) is 25.0 Å². The lowest BCUT2D eigenvalue weighted by Gasteiger charge is -2.22. The third-order valence-corrected chi connectivity index (χ3v) is 2.61. The molecule has 1 nitrogen and oxygen atoms in total. The molecule has 0 saturated carbocycles. The minimum absolute atomic E-state index is 0.536. The van der Waals surface area contributed by atoms with Crippen LogP contribution in [0.5, 0.6) is 0 Å². The second-order valence-corrected chi connectivity index (χ2v) is 4.43. The van der Waals surface area contributed by atoms with E-state index in [2.05, 4.69) is 15.9 Å². The van der Waals surface area contributed by atoms with Gasteiger partial charge in [-0.25, -0.2) is 0 Å². The lowest BCUT2D eigenvalue weighted by atomic mass is 10.2. The third kappa shape index (κ3) is 10.5. The van der Waals surface area contributed by atoms with Gasteiger partial charge in [-0.15, -0.1) is 0 Å². The summed E-state index contributed by atoms with van der Waals surface area (Å²) in [6.45, 7) is 2.23. The highest BCUT2D eigenvalue weighted by Gasteiger charge is 2.29. The van der Waals surface area contributed by atoms with Crippen LogP contribution in [0.1, 0.15) is 32.6 Å². The van der Waals surface area contributed by atoms with Crippen LogP contribution in [0.3, 0.4) is 0 Å². The first-order valence-corrected chi connectivity index (χ1v) is 6.47. The Balaban J connectivity index is 3.73. The van der Waals surface area contributed by atoms with Crippen LogP contribution in [0.4, 0.5) is 13.2 Å². The molecule has 0 aromatic heterocycles. The SMILES string of the molecule is CCCN(CCCCCBr)CC(F)(F)F. The van der Waals surface area contributed by atoms with Crippen molar-refractivity contribution in [1.29, 1.82) is 0 Å². The van der Waals surface area contributed by atoms with E-state index in [1.54, 1.807) is 0 Å². The van der Waals surface area contributed by atoms with E-state index in [-0.39, 0.29) is 0 Å². The van der Waals surface area contributed by atoms with Crippen LogP contribution in [0.15, 0.2) is 0 Å². The molecule has 0 aliphatic rings. The smallest absolute Gasteiger partial charge is 0.295 e. The van der Waals surface area contributed by atoms with Gasteiger partial charge in [-0.2, -0.15) is 13.2 Å². The average molecular weight is 290 g/mol. The molecule has 0 unspecified atom stereocenters. The third-order valence-electron chi connectivity index (χ3n) is 2.05. The Morgan fingerprint density at radius 1 is 1.07 bits per heavy atom. The van der Waals surface area contributed by atoms with E-state index in [1.165, 1.54) is 4.90 Å². The van der Waals surface area contributed by atoms with Crippen LogP contribution in [-0.2, 0) is 0 Å². The molecule has 0 aliphatic heterocycles. The number of nitrogens with zero attached hydrogens (tertiary/aromatic N) is 1. The van der Waals surface area contributed by atoms with Crippen molar-refractivity contribution in [2.45, 2.75) is 38.8 Å². The topological polar surface area (TPSA) is 3.24 Å². The lowest BCUT2D eigenvalue weighted by Crippen LogP contribution is -2.35. The maximum atomic E-state index is 12.2. The first kappa shape index (κ1) is 15.2. The molecule has 5 heteroatoms. The van der Waals surface area contributed by atoms with Crippen molar-refractivity contribution in [3.8, 4) is 0 Å². The van der Waals surface area contributed by atoms with Crippen molar-refractivity contribution in [1.82, 2.24) is 4.90 Å². The van der Waals surface area contributed by atoms with Gasteiger partial charge in [0.2, 0.25) is 0 Å². The molecular formula is C10H19BrF3N. The van der Waals surface area contributed by atoms with Crippen LogP contribution in [0.2, 0.25) is 0 Å². The summed E-state index contributed by atoms with van der Waals surface area (Å²) < 4.78 is 36.5. The van der Waals surface area contributed by atoms with Gasteiger partial charge in [0.15, 0.2) is 0 Å². The van der Waals surface area contributed by atoms with Crippen LogP contribution < -0.4 is 0 Å². The van der Waals surface area contributed by atoms with Crippen LogP contribution >= 0.6 is 15.9 Å². The molecular weight excluding hydrogens is 271 g/mol. The van der Waals surface area contributed by atoms with Gasteiger partial charge in [0.25, 0.3) is 0 Å². The predicted octanol–water partition coefficient (Wildman–Crippen LogP) is 3.83. The van der Waals surface area contributed by atoms with Crippen molar-refractivity contribution in [2.24, 2.45) is 0 Å². The molecule has 0 atom stereocenters. The summed E-state index contributed by atoms with van der Waals surface area (Å²) in [5.74, 6) is 0. The highest BCUT2D eigenvalue weighted by Crippen LogP contribution is 2.17. The molecule has 0 N–H and O–H groups in total. The van der Waals surface area contributed by atoms with Gasteiger partial charge in [0.05, 0.1) is 6.54 Å². The molecule has 0 heterocycles. The summed E-state index contributed by atoms with van der Waals surface area (Å²) in [6, 6.07) is 0. The fraction of sp³-hybridized carbons (Fsp3) is 1.00. The Bertz CT molecular complexity index is 150. The zero-order valence-electron chi connectivity index (χ0n) is 9.12. The van der Waals surface area contributed by atoms with Crippen molar-refractivity contribution in [3.63, 3.8) is 0 Å². The Hall–Kier alpha value is 0.230. The second kappa shape index (κ2) is 8.39. The Morgan fingerprint density at radius 3 is 2.20 bits per heavy atom. The minimum Gasteiger partial charge on any atom is -0.295 e. The van der Waals surface area contributed by atoms with Crippen molar-refractivity contribution in [3.05, 3.63) is 0 Å². The minimum atomic E-state index is -4.06. The standard InChI is InChI=1S/C10H19BrF3N/c1-2-7-15(9-10(12,13)14)8-5-3-4-6-11/h2-9H2,1H3. The molecule has 0 saturated heterocycles. The fourth-order valence-electron chi connectivity index (χ4n) is 1.45. The lowest BCUT2D eigenvalue weighted by molar-refractivity contribution is -0.146. The number of hydrogen-bond acceptors (Lipinski definition) is 1. The van der Waals surface area contributed by atoms with Gasteiger partial charge in [0, 0.05) is 5.33 Å². The Morgan fingerprint density at radius 2 is 1.73 bits per heavy atom. The van der Waals surface area contributed by atoms with Crippen molar-refractivity contribution >= 4 is 15.9 Å². The summed E-state index contributed by atoms with van der Waals surface area (Å²) in [4.78, 5) is 1.49. The molecule has 0 aromatic carbocycles. The molecule has 0 amide bonds. The number of rotatable bonds is 8. The first-order valence-electron chi connectivity index (χ1n) is 5.34. The molecule has 0 radical (unpaired) electrons. The Labute approximate surface area is 98.1 Å². The zero-order chi connectivity index (χ0) is 11.7. The van der Waals surface area contributed by atoms with E-state index in [4.69, 9.17) is 0 Å². The number of halogens is 4.